The molecule has 2 fully saturated rings. The third-order valence-corrected chi connectivity index (χ3v) is 9.13. The van der Waals surface area contributed by atoms with E-state index in [4.69, 9.17) is 4.74 Å². The first-order valence-electron chi connectivity index (χ1n) is 15.2. The Bertz CT molecular complexity index is 808. The molecule has 0 spiro atoms. The van der Waals surface area contributed by atoms with Crippen molar-refractivity contribution in [2.24, 2.45) is 23.7 Å². The van der Waals surface area contributed by atoms with E-state index in [0.29, 0.717) is 6.42 Å². The van der Waals surface area contributed by atoms with E-state index in [1.54, 1.807) is 6.92 Å². The highest BCUT2D eigenvalue weighted by Gasteiger charge is 2.30. The first-order chi connectivity index (χ1) is 17.9. The molecule has 2 saturated carbocycles. The van der Waals surface area contributed by atoms with Crippen molar-refractivity contribution in [2.75, 3.05) is 6.61 Å². The molecule has 0 heterocycles. The van der Waals surface area contributed by atoms with E-state index in [1.165, 1.54) is 89.2 Å². The maximum Gasteiger partial charge on any atom is 0.267 e. The molecule has 3 rings (SSSR count). The SMILES string of the molecule is CCCC1CCC(C2CCC(CCCCCCCC(=O)c3ccc(OCC)c(F)c3C(F)F)CC2)CC1. The number of halogens is 3. The average molecular weight is 523 g/mol. The lowest BCUT2D eigenvalue weighted by Gasteiger charge is -2.38. The fraction of sp³-hybridized carbons (Fsp3) is 0.781. The molecule has 0 saturated heterocycles. The summed E-state index contributed by atoms with van der Waals surface area (Å²) in [6.07, 6.45) is 17.8. The lowest BCUT2D eigenvalue weighted by atomic mass is 9.68. The second kappa shape index (κ2) is 15.8. The van der Waals surface area contributed by atoms with E-state index in [0.717, 1.165) is 42.9 Å². The maximum atomic E-state index is 14.4. The lowest BCUT2D eigenvalue weighted by molar-refractivity contribution is 0.0961. The quantitative estimate of drug-likeness (QED) is 0.169. The topological polar surface area (TPSA) is 26.3 Å². The number of carbonyl (C=O) groups is 1. The van der Waals surface area contributed by atoms with Crippen LogP contribution in [0.1, 0.15) is 145 Å². The van der Waals surface area contributed by atoms with Gasteiger partial charge < -0.3 is 4.74 Å². The van der Waals surface area contributed by atoms with Crippen molar-refractivity contribution in [2.45, 2.75) is 129 Å². The van der Waals surface area contributed by atoms with Gasteiger partial charge in [-0.1, -0.05) is 77.6 Å². The van der Waals surface area contributed by atoms with Gasteiger partial charge in [-0.25, -0.2) is 13.2 Å². The van der Waals surface area contributed by atoms with Crippen molar-refractivity contribution in [3.05, 3.63) is 29.1 Å². The second-order valence-electron chi connectivity index (χ2n) is 11.7. The summed E-state index contributed by atoms with van der Waals surface area (Å²) in [7, 11) is 0. The first-order valence-corrected chi connectivity index (χ1v) is 15.2. The van der Waals surface area contributed by atoms with E-state index >= 15 is 0 Å². The normalized spacial score (nSPS) is 24.4. The van der Waals surface area contributed by atoms with Crippen molar-refractivity contribution < 1.29 is 22.7 Å². The number of hydrogen-bond acceptors (Lipinski definition) is 2. The maximum absolute atomic E-state index is 14.4. The molecule has 0 unspecified atom stereocenters. The fourth-order valence-electron chi connectivity index (χ4n) is 6.98. The molecule has 210 valence electrons. The molecule has 0 amide bonds. The molecule has 2 aliphatic rings. The molecular formula is C32H49F3O2. The third-order valence-electron chi connectivity index (χ3n) is 9.13. The highest BCUT2D eigenvalue weighted by molar-refractivity contribution is 5.97. The van der Waals surface area contributed by atoms with E-state index < -0.39 is 23.6 Å². The van der Waals surface area contributed by atoms with Crippen LogP contribution in [0.4, 0.5) is 13.2 Å². The number of rotatable bonds is 15. The number of ether oxygens (including phenoxy) is 1. The summed E-state index contributed by atoms with van der Waals surface area (Å²) in [6, 6.07) is 2.56. The molecule has 0 N–H and O–H groups in total. The molecule has 2 aliphatic carbocycles. The molecule has 5 heteroatoms. The van der Waals surface area contributed by atoms with Crippen molar-refractivity contribution in [1.82, 2.24) is 0 Å². The van der Waals surface area contributed by atoms with Crippen LogP contribution in [0.25, 0.3) is 0 Å². The Balaban J connectivity index is 1.27. The Labute approximate surface area is 223 Å². The van der Waals surface area contributed by atoms with Gasteiger partial charge in [0.2, 0.25) is 0 Å². The highest BCUT2D eigenvalue weighted by atomic mass is 19.3. The van der Waals surface area contributed by atoms with Crippen LogP contribution in [0.15, 0.2) is 12.1 Å². The molecule has 1 aromatic rings. The molecule has 37 heavy (non-hydrogen) atoms. The van der Waals surface area contributed by atoms with Gasteiger partial charge in [0.1, 0.15) is 0 Å². The van der Waals surface area contributed by atoms with Crippen LogP contribution in [-0.2, 0) is 0 Å². The number of carbonyl (C=O) groups excluding carboxylic acids is 1. The number of Topliss-reactive ketones (excluding diaryl/α,β-unsaturated/α-hetero) is 1. The molecule has 0 aromatic heterocycles. The van der Waals surface area contributed by atoms with Crippen LogP contribution in [-0.4, -0.2) is 12.4 Å². The zero-order valence-electron chi connectivity index (χ0n) is 23.2. The molecule has 0 bridgehead atoms. The van der Waals surface area contributed by atoms with E-state index in [9.17, 15) is 18.0 Å². The first kappa shape index (κ1) is 30.0. The Hall–Kier alpha value is -1.52. The van der Waals surface area contributed by atoms with E-state index in [1.807, 2.05) is 0 Å². The fourth-order valence-corrected chi connectivity index (χ4v) is 6.98. The Kier molecular flexibility index (Phi) is 12.8. The van der Waals surface area contributed by atoms with Gasteiger partial charge in [0.25, 0.3) is 6.43 Å². The minimum atomic E-state index is -3.05. The van der Waals surface area contributed by atoms with Gasteiger partial charge in [-0.3, -0.25) is 4.79 Å². The second-order valence-corrected chi connectivity index (χ2v) is 11.7. The molecule has 1 aromatic carbocycles. The molecule has 2 nitrogen and oxygen atoms in total. The summed E-state index contributed by atoms with van der Waals surface area (Å²) < 4.78 is 46.4. The number of benzene rings is 1. The van der Waals surface area contributed by atoms with Crippen LogP contribution in [0.2, 0.25) is 0 Å². The monoisotopic (exact) mass is 522 g/mol. The average Bonchev–Trinajstić information content (AvgIpc) is 2.90. The van der Waals surface area contributed by atoms with Crippen LogP contribution in [0.5, 0.6) is 5.75 Å². The molecular weight excluding hydrogens is 473 g/mol. The largest absolute Gasteiger partial charge is 0.491 e. The number of hydrogen-bond donors (Lipinski definition) is 0. The summed E-state index contributed by atoms with van der Waals surface area (Å²) >= 11 is 0. The Morgan fingerprint density at radius 2 is 1.41 bits per heavy atom. The third kappa shape index (κ3) is 9.03. The van der Waals surface area contributed by atoms with E-state index in [-0.39, 0.29) is 24.3 Å². The van der Waals surface area contributed by atoms with Gasteiger partial charge in [-0.2, -0.15) is 0 Å². The number of unbranched alkanes of at least 4 members (excludes halogenated alkanes) is 4. The summed E-state index contributed by atoms with van der Waals surface area (Å²) in [5, 5.41) is 0. The Morgan fingerprint density at radius 3 is 1.97 bits per heavy atom. The van der Waals surface area contributed by atoms with Gasteiger partial charge in [0, 0.05) is 12.0 Å². The number of ketones is 1. The Morgan fingerprint density at radius 1 is 0.838 bits per heavy atom. The van der Waals surface area contributed by atoms with Gasteiger partial charge in [-0.05, 0) is 74.8 Å². The zero-order valence-corrected chi connectivity index (χ0v) is 23.2. The summed E-state index contributed by atoms with van der Waals surface area (Å²) in [6.45, 7) is 4.15. The van der Waals surface area contributed by atoms with Crippen LogP contribution >= 0.6 is 0 Å². The summed E-state index contributed by atoms with van der Waals surface area (Å²) in [4.78, 5) is 12.5. The van der Waals surface area contributed by atoms with Crippen LogP contribution in [0, 0.1) is 29.5 Å². The van der Waals surface area contributed by atoms with Crippen molar-refractivity contribution in [3.63, 3.8) is 0 Å². The van der Waals surface area contributed by atoms with Gasteiger partial charge in [0.15, 0.2) is 17.3 Å². The number of alkyl halides is 2. The highest BCUT2D eigenvalue weighted by Crippen LogP contribution is 2.43. The molecule has 0 radical (unpaired) electrons. The van der Waals surface area contributed by atoms with E-state index in [2.05, 4.69) is 6.92 Å². The standard InChI is InChI=1S/C32H49F3O2/c1-3-10-23-13-17-25(18-14-23)26-19-15-24(16-20-26)11-8-6-5-7-9-12-28(36)27-21-22-29(37-4-2)31(33)30(27)32(34)35/h21-26,32H,3-20H2,1-2H3. The van der Waals surface area contributed by atoms with Gasteiger partial charge in [-0.15, -0.1) is 0 Å². The van der Waals surface area contributed by atoms with Crippen LogP contribution < -0.4 is 4.74 Å². The van der Waals surface area contributed by atoms with Crippen molar-refractivity contribution in [3.8, 4) is 5.75 Å². The minimum absolute atomic E-state index is 0.175. The van der Waals surface area contributed by atoms with Gasteiger partial charge in [0.05, 0.1) is 12.2 Å². The zero-order chi connectivity index (χ0) is 26.6. The summed E-state index contributed by atoms with van der Waals surface area (Å²) in [5.41, 5.74) is -1.03. The smallest absolute Gasteiger partial charge is 0.267 e. The molecule has 0 atom stereocenters. The van der Waals surface area contributed by atoms with Gasteiger partial charge >= 0.3 is 0 Å². The lowest BCUT2D eigenvalue weighted by Crippen LogP contribution is -2.25. The predicted molar refractivity (Wildman–Crippen MR) is 145 cm³/mol. The summed E-state index contributed by atoms with van der Waals surface area (Å²) in [5.74, 6) is 2.11. The predicted octanol–water partition coefficient (Wildman–Crippen LogP) is 10.5. The van der Waals surface area contributed by atoms with Crippen molar-refractivity contribution >= 4 is 5.78 Å². The minimum Gasteiger partial charge on any atom is -0.491 e. The van der Waals surface area contributed by atoms with Crippen molar-refractivity contribution in [1.29, 1.82) is 0 Å². The van der Waals surface area contributed by atoms with Crippen LogP contribution in [0.3, 0.4) is 0 Å². The molecule has 0 aliphatic heterocycles.